The number of esters is 1. The van der Waals surface area contributed by atoms with E-state index in [1.165, 1.54) is 13.8 Å². The number of ether oxygens (including phenoxy) is 1. The molecule has 0 aliphatic rings. The van der Waals surface area contributed by atoms with E-state index in [0.717, 1.165) is 6.07 Å². The summed E-state index contributed by atoms with van der Waals surface area (Å²) in [4.78, 5) is 23.2. The van der Waals surface area contributed by atoms with Gasteiger partial charge in [0.15, 0.2) is 0 Å². The molecule has 9 nitrogen and oxygen atoms in total. The van der Waals surface area contributed by atoms with Gasteiger partial charge in [0.25, 0.3) is 0 Å². The highest BCUT2D eigenvalue weighted by atomic mass is 32.2. The lowest BCUT2D eigenvalue weighted by Crippen LogP contribution is -2.61. The number of rotatable bonds is 10. The summed E-state index contributed by atoms with van der Waals surface area (Å²) >= 11 is 0. The largest absolute Gasteiger partial charge is 0.456 e. The van der Waals surface area contributed by atoms with Crippen molar-refractivity contribution < 1.29 is 66.2 Å². The summed E-state index contributed by atoms with van der Waals surface area (Å²) in [6, 6.07) is 1.54. The molecule has 1 aromatic rings. The van der Waals surface area contributed by atoms with Crippen LogP contribution in [0.15, 0.2) is 18.2 Å². The van der Waals surface area contributed by atoms with Crippen LogP contribution in [0.4, 0.5) is 26.3 Å². The number of hydrogen-bond acceptors (Lipinski definition) is 8. The SMILES string of the molecule is CCC(C)(C)OC(=O)c1cc(C=O)cc(OS(=O)(=O)C(F)(F)C(F)(F)C(F)(F)S(=O)(=O)O)c1. The van der Waals surface area contributed by atoms with E-state index in [2.05, 4.69) is 4.18 Å². The Morgan fingerprint density at radius 2 is 1.52 bits per heavy atom. The van der Waals surface area contributed by atoms with Crippen LogP contribution in [0.1, 0.15) is 47.9 Å². The van der Waals surface area contributed by atoms with Crippen molar-refractivity contribution in [3.8, 4) is 5.75 Å². The normalized spacial score (nSPS) is 14.0. The molecule has 188 valence electrons. The number of benzene rings is 1. The van der Waals surface area contributed by atoms with Crippen LogP contribution in [0.25, 0.3) is 0 Å². The molecule has 0 atom stereocenters. The minimum absolute atomic E-state index is 0.0273. The van der Waals surface area contributed by atoms with Crippen molar-refractivity contribution in [1.29, 1.82) is 0 Å². The van der Waals surface area contributed by atoms with Crippen molar-refractivity contribution >= 4 is 32.5 Å². The third-order valence-corrected chi connectivity index (χ3v) is 6.30. The summed E-state index contributed by atoms with van der Waals surface area (Å²) in [5, 5.41) is -13.9. The molecular weight excluding hydrogens is 514 g/mol. The monoisotopic (exact) mass is 530 g/mol. The first kappa shape index (κ1) is 28.6. The molecular formula is C16H16F6O9S2. The Balaban J connectivity index is 3.51. The quantitative estimate of drug-likeness (QED) is 0.159. The van der Waals surface area contributed by atoms with E-state index in [1.807, 2.05) is 0 Å². The first-order valence-corrected chi connectivity index (χ1v) is 11.3. The summed E-state index contributed by atoms with van der Waals surface area (Å²) in [7, 11) is -14.3. The Labute approximate surface area is 183 Å². The Morgan fingerprint density at radius 3 is 1.94 bits per heavy atom. The Hall–Kier alpha value is -2.40. The molecule has 0 unspecified atom stereocenters. The predicted octanol–water partition coefficient (Wildman–Crippen LogP) is 3.26. The molecule has 0 radical (unpaired) electrons. The maximum atomic E-state index is 13.9. The smallest absolute Gasteiger partial charge is 0.450 e. The fraction of sp³-hybridized carbons (Fsp3) is 0.500. The van der Waals surface area contributed by atoms with E-state index in [9.17, 15) is 52.8 Å². The van der Waals surface area contributed by atoms with Gasteiger partial charge in [-0.3, -0.25) is 9.35 Å². The maximum Gasteiger partial charge on any atom is 0.450 e. The molecule has 0 aliphatic carbocycles. The summed E-state index contributed by atoms with van der Waals surface area (Å²) < 4.78 is 143. The van der Waals surface area contributed by atoms with E-state index in [1.54, 1.807) is 6.92 Å². The summed E-state index contributed by atoms with van der Waals surface area (Å²) in [6.07, 6.45) is 0.244. The van der Waals surface area contributed by atoms with Gasteiger partial charge in [-0.2, -0.15) is 43.2 Å². The van der Waals surface area contributed by atoms with Crippen molar-refractivity contribution in [2.45, 2.75) is 49.2 Å². The molecule has 0 saturated carbocycles. The first-order chi connectivity index (χ1) is 14.6. The Bertz CT molecular complexity index is 1140. The van der Waals surface area contributed by atoms with Crippen LogP contribution < -0.4 is 4.18 Å². The lowest BCUT2D eigenvalue weighted by atomic mass is 10.1. The molecule has 0 bridgehead atoms. The lowest BCUT2D eigenvalue weighted by molar-refractivity contribution is -0.247. The summed E-state index contributed by atoms with van der Waals surface area (Å²) in [5.74, 6) is -9.81. The molecule has 1 aromatic carbocycles. The molecule has 0 fully saturated rings. The van der Waals surface area contributed by atoms with Crippen LogP contribution in [0.5, 0.6) is 5.75 Å². The average Bonchev–Trinajstić information content (AvgIpc) is 2.65. The molecule has 1 N–H and O–H groups in total. The fourth-order valence-electron chi connectivity index (χ4n) is 1.91. The van der Waals surface area contributed by atoms with Crippen LogP contribution in [0.2, 0.25) is 0 Å². The van der Waals surface area contributed by atoms with E-state index in [0.29, 0.717) is 12.1 Å². The van der Waals surface area contributed by atoms with Crippen LogP contribution in [-0.4, -0.2) is 55.7 Å². The highest BCUT2D eigenvalue weighted by molar-refractivity contribution is 7.88. The zero-order valence-corrected chi connectivity index (χ0v) is 18.4. The minimum Gasteiger partial charge on any atom is -0.456 e. The molecule has 0 heterocycles. The Kier molecular flexibility index (Phi) is 7.59. The zero-order chi connectivity index (χ0) is 26.3. The standard InChI is InChI=1S/C16H16F6O9S2/c1-4-13(2,3)30-12(24)10-5-9(8-23)6-11(7-10)31-33(28,29)16(21,22)14(17,18)15(19,20)32(25,26)27/h5-8H,4H2,1-3H3,(H,25,26,27). The Morgan fingerprint density at radius 1 is 1.00 bits per heavy atom. The van der Waals surface area contributed by atoms with E-state index in [4.69, 9.17) is 9.29 Å². The average molecular weight is 530 g/mol. The highest BCUT2D eigenvalue weighted by Crippen LogP contribution is 2.51. The molecule has 0 amide bonds. The third kappa shape index (κ3) is 5.40. The lowest BCUT2D eigenvalue weighted by Gasteiger charge is -2.29. The van der Waals surface area contributed by atoms with Crippen molar-refractivity contribution in [3.63, 3.8) is 0 Å². The molecule has 33 heavy (non-hydrogen) atoms. The topological polar surface area (TPSA) is 141 Å². The van der Waals surface area contributed by atoms with Crippen LogP contribution in [-0.2, 0) is 25.0 Å². The molecule has 17 heteroatoms. The number of hydrogen-bond donors (Lipinski definition) is 1. The third-order valence-electron chi connectivity index (χ3n) is 4.10. The van der Waals surface area contributed by atoms with Gasteiger partial charge in [0.1, 0.15) is 17.6 Å². The maximum absolute atomic E-state index is 13.9. The molecule has 0 saturated heterocycles. The van der Waals surface area contributed by atoms with Gasteiger partial charge in [-0.25, -0.2) is 4.79 Å². The van der Waals surface area contributed by atoms with Gasteiger partial charge in [0, 0.05) is 5.56 Å². The van der Waals surface area contributed by atoms with E-state index in [-0.39, 0.29) is 12.7 Å². The van der Waals surface area contributed by atoms with Gasteiger partial charge in [-0.05, 0) is 38.5 Å². The van der Waals surface area contributed by atoms with Gasteiger partial charge >= 0.3 is 42.6 Å². The fourth-order valence-corrected chi connectivity index (χ4v) is 3.32. The van der Waals surface area contributed by atoms with Gasteiger partial charge in [0.2, 0.25) is 0 Å². The first-order valence-electron chi connectivity index (χ1n) is 8.44. The van der Waals surface area contributed by atoms with Crippen molar-refractivity contribution in [1.82, 2.24) is 0 Å². The second-order valence-corrected chi connectivity index (χ2v) is 10.1. The van der Waals surface area contributed by atoms with E-state index >= 15 is 0 Å². The second kappa shape index (κ2) is 8.75. The number of halogens is 6. The van der Waals surface area contributed by atoms with Gasteiger partial charge < -0.3 is 8.92 Å². The summed E-state index contributed by atoms with van der Waals surface area (Å²) in [6.45, 7) is 4.52. The van der Waals surface area contributed by atoms with Crippen LogP contribution in [0.3, 0.4) is 0 Å². The molecule has 1 rings (SSSR count). The van der Waals surface area contributed by atoms with Crippen molar-refractivity contribution in [2.75, 3.05) is 0 Å². The molecule has 0 aliphatic heterocycles. The minimum atomic E-state index is -7.22. The van der Waals surface area contributed by atoms with Gasteiger partial charge in [-0.15, -0.1) is 0 Å². The number of carbonyl (C=O) groups excluding carboxylic acids is 2. The van der Waals surface area contributed by atoms with E-state index < -0.39 is 65.1 Å². The highest BCUT2D eigenvalue weighted by Gasteiger charge is 2.83. The molecule has 0 spiro atoms. The van der Waals surface area contributed by atoms with Crippen molar-refractivity contribution in [3.05, 3.63) is 29.3 Å². The van der Waals surface area contributed by atoms with Crippen molar-refractivity contribution in [2.24, 2.45) is 0 Å². The number of aldehydes is 1. The molecule has 0 aromatic heterocycles. The summed E-state index contributed by atoms with van der Waals surface area (Å²) in [5.41, 5.74) is -2.34. The number of carbonyl (C=O) groups is 2. The predicted molar refractivity (Wildman–Crippen MR) is 97.6 cm³/mol. The second-order valence-electron chi connectivity index (χ2n) is 7.03. The van der Waals surface area contributed by atoms with Crippen LogP contribution in [0, 0.1) is 0 Å². The zero-order valence-electron chi connectivity index (χ0n) is 16.8. The van der Waals surface area contributed by atoms with Gasteiger partial charge in [-0.1, -0.05) is 6.92 Å². The van der Waals surface area contributed by atoms with Crippen LogP contribution >= 0.6 is 0 Å². The van der Waals surface area contributed by atoms with Gasteiger partial charge in [0.05, 0.1) is 5.56 Å². The number of alkyl halides is 6.